The summed E-state index contributed by atoms with van der Waals surface area (Å²) in [6.45, 7) is 9.33. The first-order valence-electron chi connectivity index (χ1n) is 6.85. The van der Waals surface area contributed by atoms with Crippen LogP contribution in [0.4, 0.5) is 5.13 Å². The van der Waals surface area contributed by atoms with Crippen molar-refractivity contribution in [3.05, 3.63) is 18.2 Å². The van der Waals surface area contributed by atoms with E-state index < -0.39 is 0 Å². The molecule has 0 amide bonds. The van der Waals surface area contributed by atoms with Gasteiger partial charge in [0, 0.05) is 5.54 Å². The molecule has 2 rings (SSSR count). The smallest absolute Gasteiger partial charge is 0.184 e. The zero-order valence-corrected chi connectivity index (χ0v) is 12.9. The quantitative estimate of drug-likeness (QED) is 0.832. The molecule has 0 aliphatic rings. The second-order valence-corrected chi connectivity index (χ2v) is 6.37. The van der Waals surface area contributed by atoms with Crippen molar-refractivity contribution in [3.8, 4) is 5.75 Å². The number of ether oxygens (including phenoxy) is 1. The van der Waals surface area contributed by atoms with Crippen molar-refractivity contribution in [1.82, 2.24) is 4.98 Å². The summed E-state index contributed by atoms with van der Waals surface area (Å²) in [4.78, 5) is 4.63. The highest BCUT2D eigenvalue weighted by molar-refractivity contribution is 7.22. The average Bonchev–Trinajstić information content (AvgIpc) is 2.69. The molecule has 104 valence electrons. The highest BCUT2D eigenvalue weighted by Gasteiger charge is 2.18. The first kappa shape index (κ1) is 14.1. The number of benzene rings is 1. The van der Waals surface area contributed by atoms with Crippen molar-refractivity contribution in [2.24, 2.45) is 0 Å². The Kier molecular flexibility index (Phi) is 4.30. The Balaban J connectivity index is 2.21. The summed E-state index contributed by atoms with van der Waals surface area (Å²) in [6, 6.07) is 6.07. The minimum absolute atomic E-state index is 0.0887. The van der Waals surface area contributed by atoms with Gasteiger partial charge in [-0.05, 0) is 45.4 Å². The molecule has 0 fully saturated rings. The van der Waals surface area contributed by atoms with Crippen molar-refractivity contribution in [2.45, 2.75) is 46.1 Å². The van der Waals surface area contributed by atoms with E-state index in [2.05, 4.69) is 37.1 Å². The summed E-state index contributed by atoms with van der Waals surface area (Å²) >= 11 is 1.69. The van der Waals surface area contributed by atoms with E-state index in [1.165, 1.54) is 11.1 Å². The Bertz CT molecular complexity index is 548. The molecule has 0 saturated heterocycles. The first-order chi connectivity index (χ1) is 9.04. The minimum atomic E-state index is 0.0887. The van der Waals surface area contributed by atoms with Crippen LogP contribution in [0, 0.1) is 0 Å². The lowest BCUT2D eigenvalue weighted by Gasteiger charge is -2.25. The zero-order valence-electron chi connectivity index (χ0n) is 12.1. The van der Waals surface area contributed by atoms with Gasteiger partial charge in [-0.3, -0.25) is 0 Å². The largest absolute Gasteiger partial charge is 0.494 e. The molecule has 1 N–H and O–H groups in total. The van der Waals surface area contributed by atoms with Crippen molar-refractivity contribution < 1.29 is 4.74 Å². The van der Waals surface area contributed by atoms with E-state index in [1.807, 2.05) is 19.1 Å². The van der Waals surface area contributed by atoms with E-state index in [9.17, 15) is 0 Å². The predicted molar refractivity (Wildman–Crippen MR) is 83.4 cm³/mol. The van der Waals surface area contributed by atoms with Gasteiger partial charge in [0.25, 0.3) is 0 Å². The normalized spacial score (nSPS) is 11.8. The standard InChI is InChI=1S/C15H22N2OS/c1-5-9-15(3,4)17-14-16-12-8-7-11(18-6-2)10-13(12)19-14/h7-8,10H,5-6,9H2,1-4H3,(H,16,17). The van der Waals surface area contributed by atoms with Crippen LogP contribution in [-0.2, 0) is 0 Å². The number of aromatic nitrogens is 1. The third-order valence-electron chi connectivity index (χ3n) is 2.99. The number of rotatable bonds is 6. The number of thiazole rings is 1. The van der Waals surface area contributed by atoms with Crippen molar-refractivity contribution >= 4 is 26.7 Å². The molecule has 0 aliphatic carbocycles. The summed E-state index contributed by atoms with van der Waals surface area (Å²) in [7, 11) is 0. The number of nitrogens with one attached hydrogen (secondary N) is 1. The molecule has 1 aromatic carbocycles. The molecule has 0 unspecified atom stereocenters. The van der Waals surface area contributed by atoms with E-state index in [0.717, 1.165) is 22.8 Å². The highest BCUT2D eigenvalue weighted by Crippen LogP contribution is 2.31. The third kappa shape index (κ3) is 3.60. The third-order valence-corrected chi connectivity index (χ3v) is 3.92. The van der Waals surface area contributed by atoms with Crippen LogP contribution in [-0.4, -0.2) is 17.1 Å². The Labute approximate surface area is 119 Å². The molecular weight excluding hydrogens is 256 g/mol. The predicted octanol–water partition coefficient (Wildman–Crippen LogP) is 4.69. The molecule has 19 heavy (non-hydrogen) atoms. The number of anilines is 1. The number of hydrogen-bond donors (Lipinski definition) is 1. The molecule has 0 bridgehead atoms. The fraction of sp³-hybridized carbons (Fsp3) is 0.533. The molecule has 1 aromatic heterocycles. The second kappa shape index (κ2) is 5.78. The van der Waals surface area contributed by atoms with Crippen LogP contribution in [0.2, 0.25) is 0 Å². The molecule has 3 nitrogen and oxygen atoms in total. The molecule has 0 atom stereocenters. The van der Waals surface area contributed by atoms with Crippen LogP contribution >= 0.6 is 11.3 Å². The SMILES string of the molecule is CCCC(C)(C)Nc1nc2ccc(OCC)cc2s1. The molecule has 0 aliphatic heterocycles. The minimum Gasteiger partial charge on any atom is -0.494 e. The summed E-state index contributed by atoms with van der Waals surface area (Å²) < 4.78 is 6.69. The van der Waals surface area contributed by atoms with E-state index in [-0.39, 0.29) is 5.54 Å². The Morgan fingerprint density at radius 3 is 2.79 bits per heavy atom. The van der Waals surface area contributed by atoms with E-state index in [1.54, 1.807) is 11.3 Å². The van der Waals surface area contributed by atoms with Gasteiger partial charge in [-0.2, -0.15) is 0 Å². The monoisotopic (exact) mass is 278 g/mol. The van der Waals surface area contributed by atoms with Crippen molar-refractivity contribution in [3.63, 3.8) is 0 Å². The van der Waals surface area contributed by atoms with Gasteiger partial charge < -0.3 is 10.1 Å². The van der Waals surface area contributed by atoms with E-state index in [0.29, 0.717) is 6.61 Å². The van der Waals surface area contributed by atoms with Gasteiger partial charge in [-0.25, -0.2) is 4.98 Å². The van der Waals surface area contributed by atoms with Gasteiger partial charge in [0.2, 0.25) is 0 Å². The molecule has 0 radical (unpaired) electrons. The van der Waals surface area contributed by atoms with Gasteiger partial charge in [0.05, 0.1) is 16.8 Å². The summed E-state index contributed by atoms with van der Waals surface area (Å²) in [5.74, 6) is 0.915. The molecule has 0 spiro atoms. The summed E-state index contributed by atoms with van der Waals surface area (Å²) in [5, 5.41) is 4.51. The summed E-state index contributed by atoms with van der Waals surface area (Å²) in [5.41, 5.74) is 1.12. The maximum absolute atomic E-state index is 5.52. The van der Waals surface area contributed by atoms with Crippen LogP contribution in [0.3, 0.4) is 0 Å². The maximum Gasteiger partial charge on any atom is 0.184 e. The van der Waals surface area contributed by atoms with Crippen molar-refractivity contribution in [2.75, 3.05) is 11.9 Å². The van der Waals surface area contributed by atoms with Gasteiger partial charge in [0.15, 0.2) is 5.13 Å². The Morgan fingerprint density at radius 1 is 1.32 bits per heavy atom. The lowest BCUT2D eigenvalue weighted by molar-refractivity contribution is 0.341. The Morgan fingerprint density at radius 2 is 2.11 bits per heavy atom. The van der Waals surface area contributed by atoms with E-state index >= 15 is 0 Å². The van der Waals surface area contributed by atoms with Gasteiger partial charge in [0.1, 0.15) is 5.75 Å². The molecule has 2 aromatic rings. The van der Waals surface area contributed by atoms with Crippen LogP contribution < -0.4 is 10.1 Å². The number of hydrogen-bond acceptors (Lipinski definition) is 4. The highest BCUT2D eigenvalue weighted by atomic mass is 32.1. The molecule has 1 heterocycles. The molecule has 0 saturated carbocycles. The van der Waals surface area contributed by atoms with Crippen LogP contribution in [0.1, 0.15) is 40.5 Å². The van der Waals surface area contributed by atoms with Crippen LogP contribution in [0.15, 0.2) is 18.2 Å². The fourth-order valence-electron chi connectivity index (χ4n) is 2.19. The first-order valence-corrected chi connectivity index (χ1v) is 7.67. The number of nitrogens with zero attached hydrogens (tertiary/aromatic N) is 1. The van der Waals surface area contributed by atoms with Crippen LogP contribution in [0.25, 0.3) is 10.2 Å². The summed E-state index contributed by atoms with van der Waals surface area (Å²) in [6.07, 6.45) is 2.30. The van der Waals surface area contributed by atoms with Gasteiger partial charge in [-0.15, -0.1) is 0 Å². The number of fused-ring (bicyclic) bond motifs is 1. The average molecular weight is 278 g/mol. The molecular formula is C15H22N2OS. The molecule has 4 heteroatoms. The zero-order chi connectivity index (χ0) is 13.9. The van der Waals surface area contributed by atoms with Crippen LogP contribution in [0.5, 0.6) is 5.75 Å². The Hall–Kier alpha value is -1.29. The van der Waals surface area contributed by atoms with Crippen molar-refractivity contribution in [1.29, 1.82) is 0 Å². The fourth-order valence-corrected chi connectivity index (χ4v) is 3.26. The lowest BCUT2D eigenvalue weighted by atomic mass is 10.00. The lowest BCUT2D eigenvalue weighted by Crippen LogP contribution is -2.30. The van der Waals surface area contributed by atoms with E-state index in [4.69, 9.17) is 4.74 Å². The topological polar surface area (TPSA) is 34.2 Å². The van der Waals surface area contributed by atoms with Gasteiger partial charge >= 0.3 is 0 Å². The second-order valence-electron chi connectivity index (χ2n) is 5.34. The maximum atomic E-state index is 5.52. The van der Waals surface area contributed by atoms with Gasteiger partial charge in [-0.1, -0.05) is 24.7 Å².